The molecule has 1 aromatic carbocycles. The van der Waals surface area contributed by atoms with Crippen molar-refractivity contribution in [3.63, 3.8) is 0 Å². The van der Waals surface area contributed by atoms with Gasteiger partial charge in [-0.1, -0.05) is 24.3 Å². The van der Waals surface area contributed by atoms with E-state index in [1.54, 1.807) is 30.2 Å². The summed E-state index contributed by atoms with van der Waals surface area (Å²) in [5, 5.41) is 8.97. The molecule has 0 amide bonds. The number of para-hydroxylation sites is 1. The Labute approximate surface area is 142 Å². The minimum Gasteiger partial charge on any atom is -0.266 e. The minimum atomic E-state index is -0.259. The molecule has 4 rings (SSSR count). The molecule has 0 unspecified atom stereocenters. The number of rotatable bonds is 3. The lowest BCUT2D eigenvalue weighted by molar-refractivity contribution is 0.764. The molecule has 0 atom stereocenters. The molecule has 122 valence electrons. The van der Waals surface area contributed by atoms with Crippen LogP contribution in [0.4, 0.5) is 0 Å². The van der Waals surface area contributed by atoms with Crippen LogP contribution in [0.25, 0.3) is 16.7 Å². The largest absolute Gasteiger partial charge is 0.285 e. The van der Waals surface area contributed by atoms with Gasteiger partial charge in [-0.2, -0.15) is 14.9 Å². The summed E-state index contributed by atoms with van der Waals surface area (Å²) >= 11 is 0. The van der Waals surface area contributed by atoms with E-state index in [1.165, 1.54) is 10.9 Å². The highest BCUT2D eigenvalue weighted by Gasteiger charge is 2.13. The van der Waals surface area contributed by atoms with Gasteiger partial charge in [0.15, 0.2) is 5.65 Å². The number of benzene rings is 1. The van der Waals surface area contributed by atoms with Crippen LogP contribution in [0, 0.1) is 6.92 Å². The summed E-state index contributed by atoms with van der Waals surface area (Å²) in [5.74, 6) is 0.482. The maximum absolute atomic E-state index is 12.8. The van der Waals surface area contributed by atoms with Crippen molar-refractivity contribution in [1.29, 1.82) is 0 Å². The number of aryl methyl sites for hydroxylation is 1. The van der Waals surface area contributed by atoms with Crippen LogP contribution in [-0.2, 0) is 0 Å². The van der Waals surface area contributed by atoms with E-state index in [2.05, 4.69) is 20.2 Å². The molecule has 25 heavy (non-hydrogen) atoms. The predicted octanol–water partition coefficient (Wildman–Crippen LogP) is 2.17. The molecule has 0 aliphatic rings. The molecule has 0 spiro atoms. The van der Waals surface area contributed by atoms with E-state index in [0.717, 1.165) is 11.3 Å². The molecule has 0 aliphatic carbocycles. The Morgan fingerprint density at radius 2 is 1.92 bits per heavy atom. The van der Waals surface area contributed by atoms with Crippen LogP contribution in [0.15, 0.2) is 71.0 Å². The first-order valence-electron chi connectivity index (χ1n) is 7.71. The molecule has 0 saturated heterocycles. The average Bonchev–Trinajstić information content (AvgIpc) is 3.07. The van der Waals surface area contributed by atoms with Gasteiger partial charge in [-0.05, 0) is 25.1 Å². The predicted molar refractivity (Wildman–Crippen MR) is 95.1 cm³/mol. The fourth-order valence-electron chi connectivity index (χ4n) is 2.53. The molecule has 0 saturated carbocycles. The highest BCUT2D eigenvalue weighted by molar-refractivity contribution is 5.79. The molecule has 0 fully saturated rings. The third kappa shape index (κ3) is 2.72. The maximum Gasteiger partial charge on any atom is 0.285 e. The van der Waals surface area contributed by atoms with Gasteiger partial charge in [-0.3, -0.25) is 9.78 Å². The summed E-state index contributed by atoms with van der Waals surface area (Å²) in [7, 11) is 0. The lowest BCUT2D eigenvalue weighted by atomic mass is 10.3. The van der Waals surface area contributed by atoms with Crippen LogP contribution in [0.2, 0.25) is 0 Å². The first-order chi connectivity index (χ1) is 12.2. The van der Waals surface area contributed by atoms with Gasteiger partial charge in [-0.15, -0.1) is 0 Å². The molecule has 4 aromatic rings. The molecule has 3 heterocycles. The summed E-state index contributed by atoms with van der Waals surface area (Å²) < 4.78 is 2.92. The minimum absolute atomic E-state index is 0.259. The second-order valence-corrected chi connectivity index (χ2v) is 5.44. The zero-order chi connectivity index (χ0) is 17.2. The second kappa shape index (κ2) is 6.12. The SMILES string of the molecule is Cc1nc2c(cnn2-c2ccccc2)c(=O)n1/N=C/c1cccnc1. The Morgan fingerprint density at radius 3 is 2.68 bits per heavy atom. The first-order valence-corrected chi connectivity index (χ1v) is 7.71. The first kappa shape index (κ1) is 14.9. The zero-order valence-electron chi connectivity index (χ0n) is 13.4. The topological polar surface area (TPSA) is 78.0 Å². The molecule has 0 radical (unpaired) electrons. The van der Waals surface area contributed by atoms with E-state index < -0.39 is 0 Å². The molecule has 0 bridgehead atoms. The Hall–Kier alpha value is -3.61. The van der Waals surface area contributed by atoms with Crippen LogP contribution in [0.3, 0.4) is 0 Å². The third-order valence-corrected chi connectivity index (χ3v) is 3.75. The number of hydrogen-bond acceptors (Lipinski definition) is 5. The highest BCUT2D eigenvalue weighted by Crippen LogP contribution is 2.14. The van der Waals surface area contributed by atoms with Crippen molar-refractivity contribution >= 4 is 17.2 Å². The monoisotopic (exact) mass is 330 g/mol. The van der Waals surface area contributed by atoms with Gasteiger partial charge in [0, 0.05) is 18.0 Å². The number of hydrogen-bond donors (Lipinski definition) is 0. The van der Waals surface area contributed by atoms with E-state index in [1.807, 2.05) is 42.5 Å². The molecule has 7 heteroatoms. The van der Waals surface area contributed by atoms with E-state index in [4.69, 9.17) is 0 Å². The molecule has 0 N–H and O–H groups in total. The fraction of sp³-hybridized carbons (Fsp3) is 0.0556. The van der Waals surface area contributed by atoms with Gasteiger partial charge < -0.3 is 0 Å². The number of pyridine rings is 1. The van der Waals surface area contributed by atoms with Gasteiger partial charge in [0.05, 0.1) is 18.1 Å². The summed E-state index contributed by atoms with van der Waals surface area (Å²) in [6, 6.07) is 13.2. The molecular formula is C18H14N6O. The Kier molecular flexibility index (Phi) is 3.66. The van der Waals surface area contributed by atoms with Crippen LogP contribution >= 0.6 is 0 Å². The summed E-state index contributed by atoms with van der Waals surface area (Å²) in [4.78, 5) is 21.3. The van der Waals surface area contributed by atoms with Crippen LogP contribution < -0.4 is 5.56 Å². The Balaban J connectivity index is 1.84. The second-order valence-electron chi connectivity index (χ2n) is 5.44. The van der Waals surface area contributed by atoms with Crippen molar-refractivity contribution in [1.82, 2.24) is 24.4 Å². The smallest absolute Gasteiger partial charge is 0.266 e. The van der Waals surface area contributed by atoms with Crippen LogP contribution in [0.1, 0.15) is 11.4 Å². The van der Waals surface area contributed by atoms with E-state index >= 15 is 0 Å². The average molecular weight is 330 g/mol. The van der Waals surface area contributed by atoms with Gasteiger partial charge in [0.25, 0.3) is 5.56 Å². The summed E-state index contributed by atoms with van der Waals surface area (Å²) in [5.41, 5.74) is 1.90. The van der Waals surface area contributed by atoms with E-state index in [0.29, 0.717) is 16.9 Å². The van der Waals surface area contributed by atoms with Gasteiger partial charge in [0.1, 0.15) is 11.2 Å². The van der Waals surface area contributed by atoms with Crippen molar-refractivity contribution in [3.05, 3.63) is 82.8 Å². The molecule has 0 aliphatic heterocycles. The van der Waals surface area contributed by atoms with Gasteiger partial charge in [-0.25, -0.2) is 9.67 Å². The lowest BCUT2D eigenvalue weighted by Crippen LogP contribution is -2.20. The van der Waals surface area contributed by atoms with Crippen molar-refractivity contribution in [2.24, 2.45) is 5.10 Å². The molecular weight excluding hydrogens is 316 g/mol. The van der Waals surface area contributed by atoms with Crippen molar-refractivity contribution < 1.29 is 0 Å². The van der Waals surface area contributed by atoms with E-state index in [-0.39, 0.29) is 5.56 Å². The van der Waals surface area contributed by atoms with E-state index in [9.17, 15) is 4.79 Å². The van der Waals surface area contributed by atoms with Gasteiger partial charge in [0.2, 0.25) is 0 Å². The number of aromatic nitrogens is 5. The Bertz CT molecular complexity index is 1110. The van der Waals surface area contributed by atoms with Gasteiger partial charge >= 0.3 is 0 Å². The number of fused-ring (bicyclic) bond motifs is 1. The van der Waals surface area contributed by atoms with Crippen molar-refractivity contribution in [2.45, 2.75) is 6.92 Å². The quantitative estimate of drug-likeness (QED) is 0.539. The maximum atomic E-state index is 12.8. The highest BCUT2D eigenvalue weighted by atomic mass is 16.1. The third-order valence-electron chi connectivity index (χ3n) is 3.75. The van der Waals surface area contributed by atoms with Crippen LogP contribution in [0.5, 0.6) is 0 Å². The summed E-state index contributed by atoms with van der Waals surface area (Å²) in [6.45, 7) is 1.74. The van der Waals surface area contributed by atoms with Crippen molar-refractivity contribution in [2.75, 3.05) is 0 Å². The zero-order valence-corrected chi connectivity index (χ0v) is 13.4. The Morgan fingerprint density at radius 1 is 1.08 bits per heavy atom. The normalized spacial score (nSPS) is 11.4. The lowest BCUT2D eigenvalue weighted by Gasteiger charge is -2.05. The molecule has 7 nitrogen and oxygen atoms in total. The van der Waals surface area contributed by atoms with Crippen LogP contribution in [-0.4, -0.2) is 30.6 Å². The van der Waals surface area contributed by atoms with Crippen molar-refractivity contribution in [3.8, 4) is 5.69 Å². The standard InChI is InChI=1S/C18H14N6O/c1-13-22-17-16(12-21-24(17)15-7-3-2-4-8-15)18(25)23(13)20-11-14-6-5-9-19-10-14/h2-12H,1H3/b20-11+. The summed E-state index contributed by atoms with van der Waals surface area (Å²) in [6.07, 6.45) is 6.45. The fourth-order valence-corrected chi connectivity index (χ4v) is 2.53. The molecule has 3 aromatic heterocycles. The number of nitrogens with zero attached hydrogens (tertiary/aromatic N) is 6.